The minimum absolute atomic E-state index is 0.00440. The van der Waals surface area contributed by atoms with E-state index in [1.807, 2.05) is 0 Å². The van der Waals surface area contributed by atoms with Gasteiger partial charge in [-0.15, -0.1) is 5.10 Å². The molecular formula is C12H10FN5O3. The summed E-state index contributed by atoms with van der Waals surface area (Å²) in [5.41, 5.74) is 0.206. The van der Waals surface area contributed by atoms with Gasteiger partial charge in [0.2, 0.25) is 11.9 Å². The van der Waals surface area contributed by atoms with Crippen LogP contribution >= 0.6 is 0 Å². The number of aromatic amines is 1. The zero-order valence-corrected chi connectivity index (χ0v) is 11.1. The first-order chi connectivity index (χ1) is 10.0. The third-order valence-electron chi connectivity index (χ3n) is 3.08. The molecule has 0 unspecified atom stereocenters. The molecule has 108 valence electrons. The van der Waals surface area contributed by atoms with Crippen LogP contribution in [0, 0.1) is 12.9 Å². The van der Waals surface area contributed by atoms with Gasteiger partial charge in [-0.3, -0.25) is 9.78 Å². The second-order valence-corrected chi connectivity index (χ2v) is 4.28. The molecule has 0 aromatic carbocycles. The van der Waals surface area contributed by atoms with Gasteiger partial charge in [0.05, 0.1) is 19.0 Å². The Kier molecular flexibility index (Phi) is 2.82. The smallest absolute Gasteiger partial charge is 0.341 e. The number of carbonyl (C=O) groups is 1. The monoisotopic (exact) mass is 291 g/mol. The van der Waals surface area contributed by atoms with E-state index in [9.17, 15) is 14.0 Å². The van der Waals surface area contributed by atoms with Crippen LogP contribution in [-0.2, 0) is 4.74 Å². The van der Waals surface area contributed by atoms with Gasteiger partial charge in [0.1, 0.15) is 11.1 Å². The van der Waals surface area contributed by atoms with Gasteiger partial charge in [0, 0.05) is 0 Å². The summed E-state index contributed by atoms with van der Waals surface area (Å²) in [7, 11) is 1.25. The average molecular weight is 291 g/mol. The van der Waals surface area contributed by atoms with Gasteiger partial charge in [0.15, 0.2) is 0 Å². The fourth-order valence-electron chi connectivity index (χ4n) is 1.99. The van der Waals surface area contributed by atoms with E-state index in [0.717, 1.165) is 10.6 Å². The van der Waals surface area contributed by atoms with Gasteiger partial charge in [-0.2, -0.15) is 14.0 Å². The molecule has 3 rings (SSSR count). The summed E-state index contributed by atoms with van der Waals surface area (Å²) >= 11 is 0. The molecule has 3 aromatic heterocycles. The minimum atomic E-state index is -0.671. The molecule has 0 amide bonds. The summed E-state index contributed by atoms with van der Waals surface area (Å²) in [5, 5.41) is 7.92. The van der Waals surface area contributed by atoms with Crippen molar-refractivity contribution in [2.75, 3.05) is 7.11 Å². The van der Waals surface area contributed by atoms with Crippen LogP contribution in [-0.4, -0.2) is 37.5 Å². The zero-order valence-electron chi connectivity index (χ0n) is 11.1. The van der Waals surface area contributed by atoms with Crippen LogP contribution in [0.4, 0.5) is 4.39 Å². The summed E-state index contributed by atoms with van der Waals surface area (Å²) in [6.07, 6.45) is 1.29. The number of nitrogens with one attached hydrogen (secondary N) is 1. The standard InChI is InChI=1S/C12H10FN5O3/c1-6-7(11(20)21-2)5-14-17(6)12-15-10(19)8-3-4-9(13)18(8)16-12/h3-5H,1-2H3,(H,15,16,19). The van der Waals surface area contributed by atoms with Crippen molar-refractivity contribution in [2.24, 2.45) is 0 Å². The van der Waals surface area contributed by atoms with Crippen molar-refractivity contribution in [1.82, 2.24) is 24.4 Å². The lowest BCUT2D eigenvalue weighted by Gasteiger charge is -2.04. The minimum Gasteiger partial charge on any atom is -0.465 e. The molecule has 21 heavy (non-hydrogen) atoms. The number of methoxy groups -OCH3 is 1. The van der Waals surface area contributed by atoms with E-state index in [1.165, 1.54) is 24.1 Å². The van der Waals surface area contributed by atoms with Crippen LogP contribution in [0.3, 0.4) is 0 Å². The topological polar surface area (TPSA) is 94.3 Å². The van der Waals surface area contributed by atoms with Gasteiger partial charge in [-0.1, -0.05) is 0 Å². The molecule has 0 saturated carbocycles. The first-order valence-electron chi connectivity index (χ1n) is 5.94. The molecule has 0 aliphatic heterocycles. The number of hydrogen-bond donors (Lipinski definition) is 1. The number of fused-ring (bicyclic) bond motifs is 1. The number of carbonyl (C=O) groups excluding carboxylic acids is 1. The summed E-state index contributed by atoms with van der Waals surface area (Å²) in [6.45, 7) is 1.61. The van der Waals surface area contributed by atoms with Crippen LogP contribution in [0.5, 0.6) is 0 Å². The van der Waals surface area contributed by atoms with Crippen molar-refractivity contribution in [3.8, 4) is 5.95 Å². The molecule has 0 bridgehead atoms. The fourth-order valence-corrected chi connectivity index (χ4v) is 1.99. The maximum Gasteiger partial charge on any atom is 0.341 e. The van der Waals surface area contributed by atoms with E-state index >= 15 is 0 Å². The maximum atomic E-state index is 13.6. The Bertz CT molecular complexity index is 907. The van der Waals surface area contributed by atoms with Gasteiger partial charge < -0.3 is 4.74 Å². The predicted octanol–water partition coefficient (Wildman–Crippen LogP) is 0.442. The normalized spacial score (nSPS) is 11.0. The highest BCUT2D eigenvalue weighted by atomic mass is 19.1. The third-order valence-corrected chi connectivity index (χ3v) is 3.08. The molecule has 0 atom stereocenters. The van der Waals surface area contributed by atoms with Crippen LogP contribution in [0.2, 0.25) is 0 Å². The number of hydrogen-bond acceptors (Lipinski definition) is 5. The summed E-state index contributed by atoms with van der Waals surface area (Å²) in [5.74, 6) is -1.24. The molecule has 0 spiro atoms. The van der Waals surface area contributed by atoms with Crippen molar-refractivity contribution in [3.63, 3.8) is 0 Å². The number of esters is 1. The maximum absolute atomic E-state index is 13.6. The largest absolute Gasteiger partial charge is 0.465 e. The lowest BCUT2D eigenvalue weighted by Crippen LogP contribution is -2.19. The van der Waals surface area contributed by atoms with Crippen LogP contribution in [0.15, 0.2) is 23.1 Å². The van der Waals surface area contributed by atoms with Crippen molar-refractivity contribution < 1.29 is 13.9 Å². The first-order valence-corrected chi connectivity index (χ1v) is 5.94. The second-order valence-electron chi connectivity index (χ2n) is 4.28. The lowest BCUT2D eigenvalue weighted by atomic mass is 10.3. The number of ether oxygens (including phenoxy) is 1. The van der Waals surface area contributed by atoms with Crippen molar-refractivity contribution >= 4 is 11.5 Å². The molecule has 0 radical (unpaired) electrons. The molecule has 0 aliphatic rings. The van der Waals surface area contributed by atoms with Crippen LogP contribution in [0.1, 0.15) is 16.1 Å². The van der Waals surface area contributed by atoms with Gasteiger partial charge in [0.25, 0.3) is 5.56 Å². The zero-order chi connectivity index (χ0) is 15.1. The quantitative estimate of drug-likeness (QED) is 0.691. The summed E-state index contributed by atoms with van der Waals surface area (Å²) < 4.78 is 20.3. The number of halogens is 1. The molecule has 9 heteroatoms. The summed E-state index contributed by atoms with van der Waals surface area (Å²) in [4.78, 5) is 25.9. The molecule has 0 saturated heterocycles. The first kappa shape index (κ1) is 13.0. The third kappa shape index (κ3) is 1.90. The number of nitrogens with zero attached hydrogens (tertiary/aromatic N) is 4. The van der Waals surface area contributed by atoms with Crippen LogP contribution in [0.25, 0.3) is 11.5 Å². The molecule has 0 aliphatic carbocycles. The number of H-pyrrole nitrogens is 1. The molecule has 1 N–H and O–H groups in total. The molecule has 3 aromatic rings. The lowest BCUT2D eigenvalue weighted by molar-refractivity contribution is 0.0600. The molecule has 0 fully saturated rings. The Morgan fingerprint density at radius 1 is 1.43 bits per heavy atom. The van der Waals surface area contributed by atoms with E-state index < -0.39 is 17.5 Å². The van der Waals surface area contributed by atoms with E-state index in [4.69, 9.17) is 0 Å². The second kappa shape index (κ2) is 4.54. The number of aromatic nitrogens is 5. The van der Waals surface area contributed by atoms with Crippen molar-refractivity contribution in [3.05, 3.63) is 45.9 Å². The van der Waals surface area contributed by atoms with E-state index in [1.54, 1.807) is 6.92 Å². The van der Waals surface area contributed by atoms with Gasteiger partial charge >= 0.3 is 5.97 Å². The molecule has 3 heterocycles. The Morgan fingerprint density at radius 2 is 2.19 bits per heavy atom. The fraction of sp³-hybridized carbons (Fsp3) is 0.167. The predicted molar refractivity (Wildman–Crippen MR) is 69.0 cm³/mol. The van der Waals surface area contributed by atoms with Gasteiger partial charge in [-0.25, -0.2) is 9.48 Å². The highest BCUT2D eigenvalue weighted by Gasteiger charge is 2.17. The SMILES string of the molecule is COC(=O)c1cnn(-c2nn3c(F)ccc3c(=O)[nH]2)c1C. The summed E-state index contributed by atoms with van der Waals surface area (Å²) in [6, 6.07) is 2.46. The Morgan fingerprint density at radius 3 is 2.90 bits per heavy atom. The highest BCUT2D eigenvalue weighted by Crippen LogP contribution is 2.12. The van der Waals surface area contributed by atoms with Gasteiger partial charge in [-0.05, 0) is 19.1 Å². The Balaban J connectivity index is 2.21. The van der Waals surface area contributed by atoms with E-state index in [-0.39, 0.29) is 17.0 Å². The Labute approximate surface area is 116 Å². The average Bonchev–Trinajstić information content (AvgIpc) is 3.02. The number of rotatable bonds is 2. The Hall–Kier alpha value is -2.97. The van der Waals surface area contributed by atoms with Crippen molar-refractivity contribution in [1.29, 1.82) is 0 Å². The highest BCUT2D eigenvalue weighted by molar-refractivity contribution is 5.90. The molecular weight excluding hydrogens is 281 g/mol. The van der Waals surface area contributed by atoms with E-state index in [2.05, 4.69) is 19.9 Å². The van der Waals surface area contributed by atoms with Crippen molar-refractivity contribution in [2.45, 2.75) is 6.92 Å². The molecule has 8 nitrogen and oxygen atoms in total. The van der Waals surface area contributed by atoms with Crippen LogP contribution < -0.4 is 5.56 Å². The van der Waals surface area contributed by atoms with E-state index in [0.29, 0.717) is 5.69 Å².